The number of thiophene rings is 1. The molecular formula is C37H23N3S. The highest BCUT2D eigenvalue weighted by atomic mass is 32.1. The molecule has 0 amide bonds. The Morgan fingerprint density at radius 2 is 0.878 bits per heavy atom. The van der Waals surface area contributed by atoms with Gasteiger partial charge in [0.25, 0.3) is 0 Å². The van der Waals surface area contributed by atoms with Crippen LogP contribution in [0.25, 0.3) is 76.2 Å². The van der Waals surface area contributed by atoms with Gasteiger partial charge in [-0.3, -0.25) is 0 Å². The second-order valence-corrected chi connectivity index (χ2v) is 11.1. The van der Waals surface area contributed by atoms with Gasteiger partial charge in [0, 0.05) is 36.9 Å². The summed E-state index contributed by atoms with van der Waals surface area (Å²) in [5.41, 5.74) is 5.24. The summed E-state index contributed by atoms with van der Waals surface area (Å²) in [6.45, 7) is 0. The van der Waals surface area contributed by atoms with Crippen LogP contribution < -0.4 is 0 Å². The van der Waals surface area contributed by atoms with Crippen LogP contribution in [-0.2, 0) is 0 Å². The summed E-state index contributed by atoms with van der Waals surface area (Å²) in [5, 5.41) is 5.04. The number of hydrogen-bond acceptors (Lipinski definition) is 4. The first-order valence-electron chi connectivity index (χ1n) is 13.6. The molecule has 0 fully saturated rings. The van der Waals surface area contributed by atoms with Crippen LogP contribution in [0.3, 0.4) is 0 Å². The maximum Gasteiger partial charge on any atom is 0.164 e. The minimum absolute atomic E-state index is 0.661. The number of aromatic nitrogens is 3. The van der Waals surface area contributed by atoms with E-state index in [-0.39, 0.29) is 0 Å². The second-order valence-electron chi connectivity index (χ2n) is 10.1. The third kappa shape index (κ3) is 4.26. The fourth-order valence-corrected chi connectivity index (χ4v) is 6.68. The average molecular weight is 542 g/mol. The molecule has 2 heterocycles. The molecule has 8 aromatic rings. The molecule has 0 bridgehead atoms. The third-order valence-corrected chi connectivity index (χ3v) is 8.76. The molecule has 4 heteroatoms. The van der Waals surface area contributed by atoms with Gasteiger partial charge in [0.15, 0.2) is 17.5 Å². The van der Waals surface area contributed by atoms with Crippen molar-refractivity contribution in [3.63, 3.8) is 0 Å². The lowest BCUT2D eigenvalue weighted by Gasteiger charge is -2.10. The van der Waals surface area contributed by atoms with E-state index in [1.807, 2.05) is 47.7 Å². The molecule has 0 unspecified atom stereocenters. The van der Waals surface area contributed by atoms with Crippen LogP contribution in [0.1, 0.15) is 0 Å². The normalized spacial score (nSPS) is 11.4. The first-order valence-corrected chi connectivity index (χ1v) is 14.4. The summed E-state index contributed by atoms with van der Waals surface area (Å²) < 4.78 is 2.63. The Morgan fingerprint density at radius 3 is 1.61 bits per heavy atom. The van der Waals surface area contributed by atoms with Gasteiger partial charge >= 0.3 is 0 Å². The largest absolute Gasteiger partial charge is 0.208 e. The number of nitrogens with zero attached hydrogens (tertiary/aromatic N) is 3. The van der Waals surface area contributed by atoms with Crippen LogP contribution in [0.15, 0.2) is 140 Å². The van der Waals surface area contributed by atoms with E-state index < -0.39 is 0 Å². The molecular weight excluding hydrogens is 518 g/mol. The van der Waals surface area contributed by atoms with Crippen LogP contribution in [0, 0.1) is 0 Å². The molecule has 0 aliphatic carbocycles. The molecule has 192 valence electrons. The maximum absolute atomic E-state index is 4.99. The van der Waals surface area contributed by atoms with E-state index in [9.17, 15) is 0 Å². The van der Waals surface area contributed by atoms with Gasteiger partial charge in [-0.2, -0.15) is 0 Å². The lowest BCUT2D eigenvalue weighted by molar-refractivity contribution is 1.07. The Bertz CT molecular complexity index is 2180. The Kier molecular flexibility index (Phi) is 5.64. The standard InChI is InChI=1S/C37H23N3S/c1-3-9-24(10-4-1)25-15-17-27(18-16-25)36-38-35(26-11-5-2-6-12-26)39-37(40-36)29-20-21-30-28(23-29)19-22-32-31-13-7-8-14-33(31)41-34(30)32/h1-23H. The van der Waals surface area contributed by atoms with E-state index in [0.717, 1.165) is 22.3 Å². The summed E-state index contributed by atoms with van der Waals surface area (Å²) in [4.78, 5) is 14.8. The summed E-state index contributed by atoms with van der Waals surface area (Å²) in [6.07, 6.45) is 0. The second kappa shape index (κ2) is 9.77. The molecule has 0 saturated heterocycles. The fraction of sp³-hybridized carbons (Fsp3) is 0. The van der Waals surface area contributed by atoms with Gasteiger partial charge in [-0.25, -0.2) is 15.0 Å². The number of hydrogen-bond donors (Lipinski definition) is 0. The van der Waals surface area contributed by atoms with E-state index in [0.29, 0.717) is 17.5 Å². The first-order chi connectivity index (χ1) is 20.3. The molecule has 0 aliphatic heterocycles. The summed E-state index contributed by atoms with van der Waals surface area (Å²) >= 11 is 1.85. The highest BCUT2D eigenvalue weighted by Crippen LogP contribution is 2.39. The molecule has 2 aromatic heterocycles. The number of rotatable bonds is 4. The topological polar surface area (TPSA) is 38.7 Å². The highest BCUT2D eigenvalue weighted by molar-refractivity contribution is 7.26. The maximum atomic E-state index is 4.99. The molecule has 0 spiro atoms. The first kappa shape index (κ1) is 23.7. The Labute approximate surface area is 241 Å². The van der Waals surface area contributed by atoms with Gasteiger partial charge in [0.2, 0.25) is 0 Å². The quantitative estimate of drug-likeness (QED) is 0.222. The fourth-order valence-electron chi connectivity index (χ4n) is 5.44. The predicted molar refractivity (Wildman–Crippen MR) is 172 cm³/mol. The molecule has 0 saturated carbocycles. The number of fused-ring (bicyclic) bond motifs is 5. The zero-order valence-corrected chi connectivity index (χ0v) is 22.8. The lowest BCUT2D eigenvalue weighted by Crippen LogP contribution is -2.00. The van der Waals surface area contributed by atoms with Crippen LogP contribution in [0.4, 0.5) is 0 Å². The molecule has 3 nitrogen and oxygen atoms in total. The van der Waals surface area contributed by atoms with E-state index in [1.165, 1.54) is 36.5 Å². The monoisotopic (exact) mass is 541 g/mol. The highest BCUT2D eigenvalue weighted by Gasteiger charge is 2.14. The molecule has 0 radical (unpaired) electrons. The van der Waals surface area contributed by atoms with Crippen molar-refractivity contribution in [1.82, 2.24) is 15.0 Å². The minimum Gasteiger partial charge on any atom is -0.208 e. The molecule has 6 aromatic carbocycles. The SMILES string of the molecule is c1ccc(-c2ccc(-c3nc(-c4ccccc4)nc(-c4ccc5c(ccc6c7ccccc7sc56)c4)n3)cc2)cc1. The molecule has 8 rings (SSSR count). The van der Waals surface area contributed by atoms with Gasteiger partial charge < -0.3 is 0 Å². The van der Waals surface area contributed by atoms with Crippen molar-refractivity contribution in [3.05, 3.63) is 140 Å². The molecule has 0 N–H and O–H groups in total. The van der Waals surface area contributed by atoms with E-state index >= 15 is 0 Å². The zero-order chi connectivity index (χ0) is 27.2. The van der Waals surface area contributed by atoms with Crippen molar-refractivity contribution >= 4 is 42.3 Å². The van der Waals surface area contributed by atoms with Gasteiger partial charge in [0.05, 0.1) is 0 Å². The van der Waals surface area contributed by atoms with Gasteiger partial charge in [0.1, 0.15) is 0 Å². The van der Waals surface area contributed by atoms with Gasteiger partial charge in [-0.1, -0.05) is 127 Å². The Balaban J connectivity index is 1.26. The molecule has 0 atom stereocenters. The summed E-state index contributed by atoms with van der Waals surface area (Å²) in [7, 11) is 0. The van der Waals surface area contributed by atoms with E-state index in [4.69, 9.17) is 15.0 Å². The molecule has 41 heavy (non-hydrogen) atoms. The van der Waals surface area contributed by atoms with Crippen LogP contribution in [0.2, 0.25) is 0 Å². The van der Waals surface area contributed by atoms with Crippen LogP contribution in [0.5, 0.6) is 0 Å². The van der Waals surface area contributed by atoms with Crippen molar-refractivity contribution in [2.75, 3.05) is 0 Å². The predicted octanol–water partition coefficient (Wildman–Crippen LogP) is 10.1. The zero-order valence-electron chi connectivity index (χ0n) is 22.0. The lowest BCUT2D eigenvalue weighted by atomic mass is 10.0. The van der Waals surface area contributed by atoms with Gasteiger partial charge in [-0.05, 0) is 34.0 Å². The molecule has 0 aliphatic rings. The van der Waals surface area contributed by atoms with Crippen LogP contribution in [-0.4, -0.2) is 15.0 Å². The van der Waals surface area contributed by atoms with Crippen molar-refractivity contribution < 1.29 is 0 Å². The van der Waals surface area contributed by atoms with Crippen LogP contribution >= 0.6 is 11.3 Å². The minimum atomic E-state index is 0.661. The number of benzene rings is 6. The summed E-state index contributed by atoms with van der Waals surface area (Å²) in [5.74, 6) is 1.99. The van der Waals surface area contributed by atoms with E-state index in [1.54, 1.807) is 0 Å². The van der Waals surface area contributed by atoms with E-state index in [2.05, 4.69) is 103 Å². The van der Waals surface area contributed by atoms with Gasteiger partial charge in [-0.15, -0.1) is 11.3 Å². The smallest absolute Gasteiger partial charge is 0.164 e. The van der Waals surface area contributed by atoms with Crippen molar-refractivity contribution in [3.8, 4) is 45.3 Å². The summed E-state index contributed by atoms with van der Waals surface area (Å²) in [6, 6.07) is 48.6. The third-order valence-electron chi connectivity index (χ3n) is 7.54. The Morgan fingerprint density at radius 1 is 0.366 bits per heavy atom. The average Bonchev–Trinajstić information content (AvgIpc) is 3.44. The Hall–Kier alpha value is -5.19. The van der Waals surface area contributed by atoms with Crippen molar-refractivity contribution in [2.24, 2.45) is 0 Å². The van der Waals surface area contributed by atoms with Crippen molar-refractivity contribution in [2.45, 2.75) is 0 Å². The van der Waals surface area contributed by atoms with Crippen molar-refractivity contribution in [1.29, 1.82) is 0 Å².